The number of carbonyl (C=O) groups excluding carboxylic acids is 1. The number of halogens is 2. The van der Waals surface area contributed by atoms with Crippen molar-refractivity contribution in [2.24, 2.45) is 0 Å². The first kappa shape index (κ1) is 10.5. The van der Waals surface area contributed by atoms with Gasteiger partial charge < -0.3 is 4.74 Å². The Bertz CT molecular complexity index is 331. The second-order valence-electron chi connectivity index (χ2n) is 2.42. The second kappa shape index (κ2) is 4.07. The van der Waals surface area contributed by atoms with Crippen LogP contribution in [0.5, 0.6) is 0 Å². The Morgan fingerprint density at radius 3 is 2.77 bits per heavy atom. The summed E-state index contributed by atoms with van der Waals surface area (Å²) in [5.74, 6) is -0.423. The molecule has 0 saturated heterocycles. The number of aryl methyl sites for hydroxylation is 1. The van der Waals surface area contributed by atoms with E-state index in [1.165, 1.54) is 7.11 Å². The molecule has 13 heavy (non-hydrogen) atoms. The summed E-state index contributed by atoms with van der Waals surface area (Å²) in [6.07, 6.45) is 0. The van der Waals surface area contributed by atoms with E-state index in [0.717, 1.165) is 5.56 Å². The van der Waals surface area contributed by atoms with E-state index in [9.17, 15) is 4.79 Å². The standard InChI is InChI=1S/C8H7BrClNO2/c1-4-3-5(10)11-7(9)6(4)8(12)13-2/h3H,1-2H3. The summed E-state index contributed by atoms with van der Waals surface area (Å²) in [5, 5.41) is 0.344. The van der Waals surface area contributed by atoms with Crippen LogP contribution in [0.1, 0.15) is 15.9 Å². The highest BCUT2D eigenvalue weighted by Crippen LogP contribution is 2.22. The molecule has 3 nitrogen and oxygen atoms in total. The van der Waals surface area contributed by atoms with Crippen molar-refractivity contribution in [3.05, 3.63) is 26.9 Å². The Kier molecular flexibility index (Phi) is 3.27. The van der Waals surface area contributed by atoms with E-state index in [-0.39, 0.29) is 0 Å². The zero-order chi connectivity index (χ0) is 10.0. The first-order chi connectivity index (χ1) is 6.06. The molecular weight excluding hydrogens is 257 g/mol. The van der Waals surface area contributed by atoms with Crippen LogP contribution in [0.2, 0.25) is 5.15 Å². The molecule has 0 saturated carbocycles. The number of carbonyl (C=O) groups is 1. The SMILES string of the molecule is COC(=O)c1c(C)cc(Cl)nc1Br. The van der Waals surface area contributed by atoms with Crippen molar-refractivity contribution in [1.29, 1.82) is 0 Å². The summed E-state index contributed by atoms with van der Waals surface area (Å²) < 4.78 is 4.99. The van der Waals surface area contributed by atoms with Crippen LogP contribution in [0.3, 0.4) is 0 Å². The van der Waals surface area contributed by atoms with Crippen molar-refractivity contribution in [3.8, 4) is 0 Å². The Labute approximate surface area is 89.2 Å². The van der Waals surface area contributed by atoms with Gasteiger partial charge in [0.1, 0.15) is 9.76 Å². The fraction of sp³-hybridized carbons (Fsp3) is 0.250. The normalized spacial score (nSPS) is 9.85. The van der Waals surface area contributed by atoms with Gasteiger partial charge in [0.15, 0.2) is 0 Å². The third-order valence-corrected chi connectivity index (χ3v) is 2.30. The van der Waals surface area contributed by atoms with Crippen LogP contribution in [-0.2, 0) is 4.74 Å². The zero-order valence-corrected chi connectivity index (χ0v) is 9.44. The number of esters is 1. The molecule has 0 amide bonds. The summed E-state index contributed by atoms with van der Waals surface area (Å²) >= 11 is 8.82. The Morgan fingerprint density at radius 2 is 2.31 bits per heavy atom. The van der Waals surface area contributed by atoms with Crippen molar-refractivity contribution >= 4 is 33.5 Å². The molecule has 0 bridgehead atoms. The van der Waals surface area contributed by atoms with Gasteiger partial charge in [-0.1, -0.05) is 11.6 Å². The molecule has 1 heterocycles. The van der Waals surface area contributed by atoms with Crippen LogP contribution in [-0.4, -0.2) is 18.1 Å². The van der Waals surface area contributed by atoms with Crippen molar-refractivity contribution in [2.75, 3.05) is 7.11 Å². The fourth-order valence-corrected chi connectivity index (χ4v) is 1.96. The van der Waals surface area contributed by atoms with Gasteiger partial charge in [-0.3, -0.25) is 0 Å². The van der Waals surface area contributed by atoms with Crippen LogP contribution >= 0.6 is 27.5 Å². The monoisotopic (exact) mass is 263 g/mol. The minimum atomic E-state index is -0.423. The molecule has 1 aromatic heterocycles. The van der Waals surface area contributed by atoms with Gasteiger partial charge in [0, 0.05) is 0 Å². The summed E-state index contributed by atoms with van der Waals surface area (Å²) in [7, 11) is 1.32. The summed E-state index contributed by atoms with van der Waals surface area (Å²) in [5.41, 5.74) is 1.14. The summed E-state index contributed by atoms with van der Waals surface area (Å²) in [6, 6.07) is 1.61. The number of aromatic nitrogens is 1. The van der Waals surface area contributed by atoms with Crippen LogP contribution in [0.15, 0.2) is 10.7 Å². The van der Waals surface area contributed by atoms with E-state index < -0.39 is 5.97 Å². The zero-order valence-electron chi connectivity index (χ0n) is 7.10. The molecule has 0 unspecified atom stereocenters. The molecule has 0 N–H and O–H groups in total. The average Bonchev–Trinajstić information content (AvgIpc) is 2.02. The lowest BCUT2D eigenvalue weighted by Gasteiger charge is -2.05. The van der Waals surface area contributed by atoms with Crippen LogP contribution in [0.4, 0.5) is 0 Å². The fourth-order valence-electron chi connectivity index (χ4n) is 0.943. The quantitative estimate of drug-likeness (QED) is 0.578. The maximum Gasteiger partial charge on any atom is 0.340 e. The number of ether oxygens (including phenoxy) is 1. The lowest BCUT2D eigenvalue weighted by atomic mass is 10.2. The lowest BCUT2D eigenvalue weighted by Crippen LogP contribution is -2.06. The molecule has 0 radical (unpaired) electrons. The van der Waals surface area contributed by atoms with Gasteiger partial charge in [-0.2, -0.15) is 0 Å². The molecule has 0 aliphatic rings. The maximum absolute atomic E-state index is 11.2. The Morgan fingerprint density at radius 1 is 1.69 bits per heavy atom. The molecular formula is C8H7BrClNO2. The third kappa shape index (κ3) is 2.19. The predicted octanol–water partition coefficient (Wildman–Crippen LogP) is 2.59. The smallest absolute Gasteiger partial charge is 0.340 e. The van der Waals surface area contributed by atoms with Gasteiger partial charge in [0.05, 0.1) is 12.7 Å². The van der Waals surface area contributed by atoms with Gasteiger partial charge in [-0.15, -0.1) is 0 Å². The van der Waals surface area contributed by atoms with Crippen LogP contribution < -0.4 is 0 Å². The highest BCUT2D eigenvalue weighted by atomic mass is 79.9. The molecule has 1 aromatic rings. The molecule has 1 rings (SSSR count). The maximum atomic E-state index is 11.2. The second-order valence-corrected chi connectivity index (χ2v) is 3.56. The van der Waals surface area contributed by atoms with E-state index >= 15 is 0 Å². The number of nitrogens with zero attached hydrogens (tertiary/aromatic N) is 1. The van der Waals surface area contributed by atoms with Crippen molar-refractivity contribution in [3.63, 3.8) is 0 Å². The molecule has 0 spiro atoms. The van der Waals surface area contributed by atoms with E-state index in [1.807, 2.05) is 0 Å². The molecule has 0 aliphatic heterocycles. The highest BCUT2D eigenvalue weighted by Gasteiger charge is 2.15. The van der Waals surface area contributed by atoms with Gasteiger partial charge in [-0.25, -0.2) is 9.78 Å². The first-order valence-corrected chi connectivity index (χ1v) is 4.64. The van der Waals surface area contributed by atoms with E-state index in [4.69, 9.17) is 11.6 Å². The minimum Gasteiger partial charge on any atom is -0.465 e. The lowest BCUT2D eigenvalue weighted by molar-refractivity contribution is 0.0598. The van der Waals surface area contributed by atoms with Gasteiger partial charge in [-0.05, 0) is 34.5 Å². The Hall–Kier alpha value is -0.610. The molecule has 0 aliphatic carbocycles. The van der Waals surface area contributed by atoms with Crippen molar-refractivity contribution in [1.82, 2.24) is 4.98 Å². The topological polar surface area (TPSA) is 39.2 Å². The van der Waals surface area contributed by atoms with Gasteiger partial charge in [0.2, 0.25) is 0 Å². The Balaban J connectivity index is 3.28. The number of hydrogen-bond acceptors (Lipinski definition) is 3. The van der Waals surface area contributed by atoms with E-state index in [1.54, 1.807) is 13.0 Å². The van der Waals surface area contributed by atoms with E-state index in [2.05, 4.69) is 25.7 Å². The van der Waals surface area contributed by atoms with Gasteiger partial charge >= 0.3 is 5.97 Å². The molecule has 5 heteroatoms. The average molecular weight is 265 g/mol. The van der Waals surface area contributed by atoms with E-state index in [0.29, 0.717) is 15.3 Å². The largest absolute Gasteiger partial charge is 0.465 e. The van der Waals surface area contributed by atoms with Gasteiger partial charge in [0.25, 0.3) is 0 Å². The number of methoxy groups -OCH3 is 1. The molecule has 0 atom stereocenters. The van der Waals surface area contributed by atoms with Crippen molar-refractivity contribution < 1.29 is 9.53 Å². The number of hydrogen-bond donors (Lipinski definition) is 0. The minimum absolute atomic E-state index is 0.344. The summed E-state index contributed by atoms with van der Waals surface area (Å²) in [6.45, 7) is 1.77. The highest BCUT2D eigenvalue weighted by molar-refractivity contribution is 9.10. The molecule has 0 fully saturated rings. The number of pyridine rings is 1. The third-order valence-electron chi connectivity index (χ3n) is 1.53. The summed E-state index contributed by atoms with van der Waals surface area (Å²) in [4.78, 5) is 15.1. The molecule has 0 aromatic carbocycles. The van der Waals surface area contributed by atoms with Crippen LogP contribution in [0.25, 0.3) is 0 Å². The van der Waals surface area contributed by atoms with Crippen molar-refractivity contribution in [2.45, 2.75) is 6.92 Å². The van der Waals surface area contributed by atoms with Crippen LogP contribution in [0, 0.1) is 6.92 Å². The predicted molar refractivity (Wildman–Crippen MR) is 53.0 cm³/mol. The number of rotatable bonds is 1. The first-order valence-electron chi connectivity index (χ1n) is 3.47. The molecule has 70 valence electrons.